The van der Waals surface area contributed by atoms with E-state index in [9.17, 15) is 4.39 Å². The Kier molecular flexibility index (Phi) is 6.76. The lowest BCUT2D eigenvalue weighted by atomic mass is 9.93. The lowest BCUT2D eigenvalue weighted by Crippen LogP contribution is -2.38. The molecule has 1 aliphatic heterocycles. The molecule has 2 rings (SSSR count). The van der Waals surface area contributed by atoms with Gasteiger partial charge in [-0.1, -0.05) is 19.1 Å². The zero-order chi connectivity index (χ0) is 13.0. The Hall–Kier alpha value is -0.640. The molecule has 4 heteroatoms. The summed E-state index contributed by atoms with van der Waals surface area (Å²) in [5.74, 6) is 0.530. The van der Waals surface area contributed by atoms with Gasteiger partial charge in [0.05, 0.1) is 0 Å². The van der Waals surface area contributed by atoms with Crippen molar-refractivity contribution in [2.75, 3.05) is 19.6 Å². The molecule has 2 nitrogen and oxygen atoms in total. The molecule has 0 radical (unpaired) electrons. The summed E-state index contributed by atoms with van der Waals surface area (Å²) in [6, 6.07) is 7.37. The van der Waals surface area contributed by atoms with E-state index in [0.717, 1.165) is 26.1 Å². The third-order valence-corrected chi connectivity index (χ3v) is 4.06. The van der Waals surface area contributed by atoms with E-state index in [0.29, 0.717) is 12.0 Å². The molecule has 1 aromatic carbocycles. The van der Waals surface area contributed by atoms with Crippen molar-refractivity contribution < 1.29 is 4.39 Å². The van der Waals surface area contributed by atoms with Crippen molar-refractivity contribution in [3.05, 3.63) is 35.6 Å². The first-order valence-electron chi connectivity index (χ1n) is 6.94. The van der Waals surface area contributed by atoms with Crippen molar-refractivity contribution in [1.29, 1.82) is 0 Å². The summed E-state index contributed by atoms with van der Waals surface area (Å²) < 4.78 is 13.0. The fourth-order valence-electron chi connectivity index (χ4n) is 2.89. The van der Waals surface area contributed by atoms with Crippen molar-refractivity contribution in [3.8, 4) is 0 Å². The van der Waals surface area contributed by atoms with Crippen molar-refractivity contribution >= 4 is 12.4 Å². The van der Waals surface area contributed by atoms with Crippen molar-refractivity contribution in [3.63, 3.8) is 0 Å². The Bertz CT molecular complexity index is 361. The molecule has 19 heavy (non-hydrogen) atoms. The number of rotatable bonds is 4. The van der Waals surface area contributed by atoms with E-state index in [4.69, 9.17) is 5.73 Å². The maximum absolute atomic E-state index is 13.0. The van der Waals surface area contributed by atoms with Crippen LogP contribution >= 0.6 is 12.4 Å². The molecule has 1 aromatic rings. The monoisotopic (exact) mass is 286 g/mol. The second-order valence-corrected chi connectivity index (χ2v) is 5.19. The molecule has 0 bridgehead atoms. The van der Waals surface area contributed by atoms with Gasteiger partial charge < -0.3 is 5.73 Å². The molecule has 0 amide bonds. The Labute approximate surface area is 121 Å². The highest BCUT2D eigenvalue weighted by Crippen LogP contribution is 2.28. The van der Waals surface area contributed by atoms with Crippen LogP contribution in [0.5, 0.6) is 0 Å². The predicted molar refractivity (Wildman–Crippen MR) is 80.0 cm³/mol. The zero-order valence-electron chi connectivity index (χ0n) is 11.5. The SMILES string of the molecule is CCC(c1ccc(F)cc1)N1CCC(CN)CC1.Cl. The summed E-state index contributed by atoms with van der Waals surface area (Å²) in [5, 5.41) is 0. The Morgan fingerprint density at radius 1 is 1.26 bits per heavy atom. The first-order chi connectivity index (χ1) is 8.74. The smallest absolute Gasteiger partial charge is 0.123 e. The minimum absolute atomic E-state index is 0. The molecule has 1 atom stereocenters. The van der Waals surface area contributed by atoms with E-state index in [1.165, 1.54) is 18.4 Å². The lowest BCUT2D eigenvalue weighted by Gasteiger charge is -2.37. The summed E-state index contributed by atoms with van der Waals surface area (Å²) in [6.07, 6.45) is 3.45. The van der Waals surface area contributed by atoms with Gasteiger partial charge >= 0.3 is 0 Å². The number of halogens is 2. The molecule has 1 heterocycles. The number of likely N-dealkylation sites (tertiary alicyclic amines) is 1. The summed E-state index contributed by atoms with van der Waals surface area (Å²) in [6.45, 7) is 5.22. The second-order valence-electron chi connectivity index (χ2n) is 5.19. The van der Waals surface area contributed by atoms with E-state index in [-0.39, 0.29) is 18.2 Å². The molecule has 1 saturated heterocycles. The zero-order valence-corrected chi connectivity index (χ0v) is 12.3. The molecule has 1 unspecified atom stereocenters. The van der Waals surface area contributed by atoms with E-state index in [1.54, 1.807) is 12.1 Å². The highest BCUT2D eigenvalue weighted by atomic mass is 35.5. The van der Waals surface area contributed by atoms with Gasteiger partial charge in [0.2, 0.25) is 0 Å². The van der Waals surface area contributed by atoms with Gasteiger partial charge in [0.25, 0.3) is 0 Å². The average molecular weight is 287 g/mol. The molecule has 0 aliphatic carbocycles. The number of hydrogen-bond donors (Lipinski definition) is 1. The predicted octanol–water partition coefficient (Wildman–Crippen LogP) is 3.37. The van der Waals surface area contributed by atoms with Crippen LogP contribution in [0.4, 0.5) is 4.39 Å². The van der Waals surface area contributed by atoms with Crippen LogP contribution in [0.2, 0.25) is 0 Å². The molecule has 2 N–H and O–H groups in total. The molecule has 1 aliphatic rings. The van der Waals surface area contributed by atoms with E-state index < -0.39 is 0 Å². The number of piperidine rings is 1. The lowest BCUT2D eigenvalue weighted by molar-refractivity contribution is 0.131. The highest BCUT2D eigenvalue weighted by molar-refractivity contribution is 5.85. The van der Waals surface area contributed by atoms with E-state index in [2.05, 4.69) is 11.8 Å². The third-order valence-electron chi connectivity index (χ3n) is 4.06. The fraction of sp³-hybridized carbons (Fsp3) is 0.600. The highest BCUT2D eigenvalue weighted by Gasteiger charge is 2.24. The van der Waals surface area contributed by atoms with Gasteiger partial charge in [-0.2, -0.15) is 0 Å². The molecule has 0 saturated carbocycles. The Morgan fingerprint density at radius 2 is 1.84 bits per heavy atom. The van der Waals surface area contributed by atoms with Gasteiger partial charge in [-0.15, -0.1) is 12.4 Å². The second kappa shape index (κ2) is 7.83. The summed E-state index contributed by atoms with van der Waals surface area (Å²) in [4.78, 5) is 2.51. The first kappa shape index (κ1) is 16.4. The number of nitrogens with two attached hydrogens (primary N) is 1. The van der Waals surface area contributed by atoms with Crippen LogP contribution in [-0.2, 0) is 0 Å². The van der Waals surface area contributed by atoms with Gasteiger partial charge in [0.1, 0.15) is 5.82 Å². The van der Waals surface area contributed by atoms with Crippen LogP contribution in [0.3, 0.4) is 0 Å². The van der Waals surface area contributed by atoms with Crippen molar-refractivity contribution in [2.45, 2.75) is 32.2 Å². The average Bonchev–Trinajstić information content (AvgIpc) is 2.42. The Morgan fingerprint density at radius 3 is 2.32 bits per heavy atom. The van der Waals surface area contributed by atoms with Crippen LogP contribution in [0.1, 0.15) is 37.8 Å². The quantitative estimate of drug-likeness (QED) is 0.919. The van der Waals surface area contributed by atoms with Crippen molar-refractivity contribution in [2.24, 2.45) is 11.7 Å². The molecule has 108 valence electrons. The van der Waals surface area contributed by atoms with Crippen molar-refractivity contribution in [1.82, 2.24) is 4.90 Å². The maximum Gasteiger partial charge on any atom is 0.123 e. The van der Waals surface area contributed by atoms with Crippen LogP contribution < -0.4 is 5.73 Å². The minimum atomic E-state index is -0.157. The standard InChI is InChI=1S/C15H23FN2.ClH/c1-2-15(13-3-5-14(16)6-4-13)18-9-7-12(11-17)8-10-18;/h3-6,12,15H,2,7-11,17H2,1H3;1H. The molecule has 1 fully saturated rings. The summed E-state index contributed by atoms with van der Waals surface area (Å²) in [7, 11) is 0. The first-order valence-corrected chi connectivity index (χ1v) is 6.94. The molecule has 0 spiro atoms. The van der Waals surface area contributed by atoms with Gasteiger partial charge in [0, 0.05) is 6.04 Å². The van der Waals surface area contributed by atoms with Crippen LogP contribution in [0.15, 0.2) is 24.3 Å². The van der Waals surface area contributed by atoms with Gasteiger partial charge in [-0.3, -0.25) is 4.90 Å². The number of hydrogen-bond acceptors (Lipinski definition) is 2. The molecular weight excluding hydrogens is 263 g/mol. The van der Waals surface area contributed by atoms with E-state index >= 15 is 0 Å². The van der Waals surface area contributed by atoms with Gasteiger partial charge in [0.15, 0.2) is 0 Å². The number of nitrogens with zero attached hydrogens (tertiary/aromatic N) is 1. The van der Waals surface area contributed by atoms with Crippen LogP contribution in [0.25, 0.3) is 0 Å². The largest absolute Gasteiger partial charge is 0.330 e. The molecule has 0 aromatic heterocycles. The Balaban J connectivity index is 0.00000180. The van der Waals surface area contributed by atoms with E-state index in [1.807, 2.05) is 12.1 Å². The normalized spacial score (nSPS) is 18.9. The molecular formula is C15H24ClFN2. The summed E-state index contributed by atoms with van der Waals surface area (Å²) in [5.41, 5.74) is 6.95. The van der Waals surface area contributed by atoms with Gasteiger partial charge in [-0.25, -0.2) is 4.39 Å². The third kappa shape index (κ3) is 4.16. The summed E-state index contributed by atoms with van der Waals surface area (Å²) >= 11 is 0. The van der Waals surface area contributed by atoms with Crippen LogP contribution in [0, 0.1) is 11.7 Å². The minimum Gasteiger partial charge on any atom is -0.330 e. The van der Waals surface area contributed by atoms with Crippen LogP contribution in [-0.4, -0.2) is 24.5 Å². The van der Waals surface area contributed by atoms with Gasteiger partial charge in [-0.05, 0) is 62.5 Å². The topological polar surface area (TPSA) is 29.3 Å². The maximum atomic E-state index is 13.0. The fourth-order valence-corrected chi connectivity index (χ4v) is 2.89. The number of benzene rings is 1.